The van der Waals surface area contributed by atoms with Crippen molar-refractivity contribution in [2.75, 3.05) is 9.80 Å². The molecule has 0 aliphatic carbocycles. The van der Waals surface area contributed by atoms with E-state index >= 15 is 0 Å². The Labute approximate surface area is 612 Å². The average Bonchev–Trinajstić information content (AvgIpc) is 0.790. The molecule has 0 unspecified atom stereocenters. The highest BCUT2D eigenvalue weighted by atomic mass is 15.2. The first-order chi connectivity index (χ1) is 52.5. The van der Waals surface area contributed by atoms with Gasteiger partial charge in [0, 0.05) is 95.0 Å². The highest BCUT2D eigenvalue weighted by Gasteiger charge is 2.43. The van der Waals surface area contributed by atoms with Gasteiger partial charge in [-0.05, 0) is 131 Å². The summed E-state index contributed by atoms with van der Waals surface area (Å²) in [5.74, 6) is 3.80. The number of hydrogen-bond donors (Lipinski definition) is 0. The predicted molar refractivity (Wildman–Crippen MR) is 432 cm³/mol. The zero-order chi connectivity index (χ0) is 70.0. The van der Waals surface area contributed by atoms with Crippen molar-refractivity contribution in [3.05, 3.63) is 364 Å². The van der Waals surface area contributed by atoms with Crippen molar-refractivity contribution in [1.29, 1.82) is 0 Å². The largest absolute Gasteiger partial charge is 0.311 e. The Morgan fingerprint density at radius 3 is 1.16 bits per heavy atom. The van der Waals surface area contributed by atoms with Crippen LogP contribution in [0.4, 0.5) is 34.1 Å². The lowest BCUT2D eigenvalue weighted by molar-refractivity contribution is 1.06. The summed E-state index contributed by atoms with van der Waals surface area (Å²) >= 11 is 0. The molecule has 106 heavy (non-hydrogen) atoms. The maximum Gasteiger partial charge on any atom is 0.252 e. The molecule has 20 rings (SSSR count). The summed E-state index contributed by atoms with van der Waals surface area (Å²) in [6.45, 7) is 0.0268. The molecule has 0 saturated carbocycles. The third-order valence-electron chi connectivity index (χ3n) is 20.3. The normalized spacial score (nSPS) is 12.1. The number of aromatic nitrogens is 9. The molecule has 4 aromatic heterocycles. The van der Waals surface area contributed by atoms with Crippen LogP contribution in [-0.2, 0) is 0 Å². The number of rotatable bonds is 13. The van der Waals surface area contributed by atoms with Gasteiger partial charge in [0.2, 0.25) is 0 Å². The van der Waals surface area contributed by atoms with E-state index in [0.29, 0.717) is 40.8 Å². The standard InChI is InChI=1S/C94H60BN11/c1-7-28-61(29-8-1)78-60-79(62-30-9-2-10-31-62)97-91(96-78)70-53-55-82(106-80-47-22-19-44-73(80)74-58-69(52-54-81(74)106)93-99-88(63-32-11-3-12-33-63)98-89(100-93)64-34-13-4-14-35-64)75(59-70)94-102-90(65-36-15-5-16-37-65)101-92(103-94)68-40-25-38-66(56-68)67-39-26-43-72(57-67)105-84-49-24-21-46-77(84)95-76-45-20-23-48-83(76)104(71-41-17-6-18-42-71)85-50-27-51-86(105)87(85)95/h1-60H. The zero-order valence-corrected chi connectivity index (χ0v) is 57.1. The van der Waals surface area contributed by atoms with Crippen LogP contribution < -0.4 is 26.2 Å². The van der Waals surface area contributed by atoms with Crippen LogP contribution in [0.1, 0.15) is 0 Å². The van der Waals surface area contributed by atoms with E-state index in [-0.39, 0.29) is 6.71 Å². The summed E-state index contributed by atoms with van der Waals surface area (Å²) in [6, 6.07) is 127. The van der Waals surface area contributed by atoms with Gasteiger partial charge < -0.3 is 14.4 Å². The Bertz CT molecular complexity index is 6300. The third kappa shape index (κ3) is 10.9. The highest BCUT2D eigenvalue weighted by molar-refractivity contribution is 7.00. The summed E-state index contributed by atoms with van der Waals surface area (Å²) in [5, 5.41) is 2.05. The van der Waals surface area contributed by atoms with E-state index in [2.05, 4.69) is 263 Å². The lowest BCUT2D eigenvalue weighted by Gasteiger charge is -2.44. The first-order valence-corrected chi connectivity index (χ1v) is 35.6. The molecule has 14 aromatic carbocycles. The van der Waals surface area contributed by atoms with Crippen molar-refractivity contribution in [1.82, 2.24) is 44.4 Å². The van der Waals surface area contributed by atoms with Gasteiger partial charge in [-0.25, -0.2) is 39.9 Å². The van der Waals surface area contributed by atoms with Crippen LogP contribution in [0.3, 0.4) is 0 Å². The van der Waals surface area contributed by atoms with E-state index in [0.717, 1.165) is 123 Å². The smallest absolute Gasteiger partial charge is 0.252 e. The minimum atomic E-state index is 0.0268. The fraction of sp³-hybridized carbons (Fsp3) is 0. The molecule has 11 nitrogen and oxygen atoms in total. The molecule has 2 aliphatic rings. The minimum Gasteiger partial charge on any atom is -0.311 e. The Kier molecular flexibility index (Phi) is 15.0. The van der Waals surface area contributed by atoms with Crippen molar-refractivity contribution in [3.63, 3.8) is 0 Å². The molecule has 0 spiro atoms. The van der Waals surface area contributed by atoms with Crippen LogP contribution in [0.25, 0.3) is 141 Å². The van der Waals surface area contributed by atoms with Crippen LogP contribution in [0, 0.1) is 0 Å². The molecule has 0 radical (unpaired) electrons. The van der Waals surface area contributed by atoms with Gasteiger partial charge in [-0.3, -0.25) is 0 Å². The summed E-state index contributed by atoms with van der Waals surface area (Å²) in [5.41, 5.74) is 24.8. The van der Waals surface area contributed by atoms with Crippen molar-refractivity contribution in [2.24, 2.45) is 0 Å². The molecule has 0 saturated heterocycles. The second kappa shape index (κ2) is 25.9. The molecule has 494 valence electrons. The molecular formula is C94H60BN11. The predicted octanol–water partition coefficient (Wildman–Crippen LogP) is 20.7. The maximum atomic E-state index is 5.65. The van der Waals surface area contributed by atoms with E-state index < -0.39 is 0 Å². The second-order valence-electron chi connectivity index (χ2n) is 26.6. The molecule has 6 heterocycles. The fourth-order valence-electron chi connectivity index (χ4n) is 15.4. The van der Waals surface area contributed by atoms with Crippen molar-refractivity contribution in [2.45, 2.75) is 0 Å². The van der Waals surface area contributed by atoms with Crippen LogP contribution >= 0.6 is 0 Å². The number of hydrogen-bond acceptors (Lipinski definition) is 10. The average molecular weight is 1350 g/mol. The van der Waals surface area contributed by atoms with Crippen molar-refractivity contribution >= 4 is 79.0 Å². The van der Waals surface area contributed by atoms with E-state index in [1.165, 1.54) is 27.8 Å². The van der Waals surface area contributed by atoms with E-state index in [1.807, 2.05) is 115 Å². The fourth-order valence-corrected chi connectivity index (χ4v) is 15.4. The molecule has 0 bridgehead atoms. The number of nitrogens with zero attached hydrogens (tertiary/aromatic N) is 11. The monoisotopic (exact) mass is 1350 g/mol. The first-order valence-electron chi connectivity index (χ1n) is 35.6. The van der Waals surface area contributed by atoms with Gasteiger partial charge >= 0.3 is 0 Å². The lowest BCUT2D eigenvalue weighted by Crippen LogP contribution is -2.61. The van der Waals surface area contributed by atoms with Crippen LogP contribution in [-0.4, -0.2) is 51.2 Å². The van der Waals surface area contributed by atoms with E-state index in [4.69, 9.17) is 39.9 Å². The van der Waals surface area contributed by atoms with E-state index in [9.17, 15) is 0 Å². The molecule has 12 heteroatoms. The van der Waals surface area contributed by atoms with Gasteiger partial charge in [-0.1, -0.05) is 261 Å². The Morgan fingerprint density at radius 2 is 0.585 bits per heavy atom. The SMILES string of the molecule is c1ccc(-c2cc(-c3ccccc3)nc(-c3ccc(-n4c5ccccc5c5cc(-c6nc(-c7ccccc7)nc(-c7ccccc7)n6)ccc54)c(-c4nc(-c5ccccc5)nc(-c5cccc(-c6cccc(N7c8ccccc8B8c9ccccc9N(c9ccccc9)c9cccc7c98)c6)c5)n4)c3)n2)cc1. The van der Waals surface area contributed by atoms with Gasteiger partial charge in [0.25, 0.3) is 6.71 Å². The first kappa shape index (κ1) is 61.5. The zero-order valence-electron chi connectivity index (χ0n) is 57.1. The molecular weight excluding hydrogens is 1290 g/mol. The number of fused-ring (bicyclic) bond motifs is 7. The van der Waals surface area contributed by atoms with Crippen molar-refractivity contribution in [3.8, 4) is 119 Å². The molecule has 0 atom stereocenters. The molecule has 2 aliphatic heterocycles. The van der Waals surface area contributed by atoms with Crippen LogP contribution in [0.2, 0.25) is 0 Å². The summed E-state index contributed by atoms with van der Waals surface area (Å²) in [7, 11) is 0. The van der Waals surface area contributed by atoms with Crippen LogP contribution in [0.5, 0.6) is 0 Å². The number of para-hydroxylation sites is 4. The van der Waals surface area contributed by atoms with Crippen molar-refractivity contribution < 1.29 is 0 Å². The number of anilines is 6. The maximum absolute atomic E-state index is 5.65. The van der Waals surface area contributed by atoms with Gasteiger partial charge in [0.05, 0.1) is 28.1 Å². The van der Waals surface area contributed by atoms with E-state index in [1.54, 1.807) is 0 Å². The van der Waals surface area contributed by atoms with Gasteiger partial charge in [-0.15, -0.1) is 0 Å². The molecule has 0 amide bonds. The van der Waals surface area contributed by atoms with Crippen LogP contribution in [0.15, 0.2) is 364 Å². The Balaban J connectivity index is 0.758. The molecule has 0 fully saturated rings. The summed E-state index contributed by atoms with van der Waals surface area (Å²) in [4.78, 5) is 47.7. The Morgan fingerprint density at radius 1 is 0.208 bits per heavy atom. The van der Waals surface area contributed by atoms with Gasteiger partial charge in [0.1, 0.15) is 0 Å². The lowest BCUT2D eigenvalue weighted by atomic mass is 9.33. The second-order valence-corrected chi connectivity index (χ2v) is 26.6. The minimum absolute atomic E-state index is 0.0268. The molecule has 18 aromatic rings. The highest BCUT2D eigenvalue weighted by Crippen LogP contribution is 2.46. The number of benzene rings is 14. The Hall–Kier alpha value is -14.4. The van der Waals surface area contributed by atoms with Gasteiger partial charge in [0.15, 0.2) is 40.8 Å². The summed E-state index contributed by atoms with van der Waals surface area (Å²) in [6.07, 6.45) is 0. The van der Waals surface area contributed by atoms with Gasteiger partial charge in [-0.2, -0.15) is 0 Å². The summed E-state index contributed by atoms with van der Waals surface area (Å²) < 4.78 is 2.33. The quantitative estimate of drug-likeness (QED) is 0.103. The third-order valence-corrected chi connectivity index (χ3v) is 20.3. The topological polar surface area (TPSA) is 115 Å². The molecule has 0 N–H and O–H groups in total.